The van der Waals surface area contributed by atoms with Crippen molar-refractivity contribution < 1.29 is 13.2 Å². The highest BCUT2D eigenvalue weighted by Gasteiger charge is 2.46. The van der Waals surface area contributed by atoms with E-state index in [0.717, 1.165) is 45.3 Å². The minimum Gasteiger partial charge on any atom is -0.353 e. The van der Waals surface area contributed by atoms with Crippen LogP contribution >= 0.6 is 0 Å². The minimum atomic E-state index is -3.11. The molecule has 0 bridgehead atoms. The maximum Gasteiger partial charge on any atom is 0.225 e. The molecule has 1 N–H and O–H groups in total. The molecular formula is C16H31N3O3S. The first kappa shape index (κ1) is 18.7. The zero-order valence-electron chi connectivity index (χ0n) is 14.6. The molecule has 1 aliphatic carbocycles. The van der Waals surface area contributed by atoms with Crippen molar-refractivity contribution in [1.29, 1.82) is 0 Å². The Morgan fingerprint density at radius 1 is 1.26 bits per heavy atom. The van der Waals surface area contributed by atoms with Gasteiger partial charge in [-0.2, -0.15) is 4.31 Å². The molecule has 0 aromatic rings. The van der Waals surface area contributed by atoms with Gasteiger partial charge in [-0.3, -0.25) is 4.79 Å². The zero-order chi connectivity index (χ0) is 17.0. The maximum absolute atomic E-state index is 12.2. The van der Waals surface area contributed by atoms with Gasteiger partial charge in [0.05, 0.1) is 11.2 Å². The standard InChI is InChI=1S/C16H31N3O3S/c1-4-18(5-2)10-6-7-13(3)17-16(20)14-11-19(12-14)23(21,22)15-8-9-15/h13-15H,4-12H2,1-3H3,(H,17,20). The van der Waals surface area contributed by atoms with E-state index in [4.69, 9.17) is 0 Å². The van der Waals surface area contributed by atoms with Gasteiger partial charge in [0, 0.05) is 19.1 Å². The first-order valence-corrected chi connectivity index (χ1v) is 10.4. The third-order valence-corrected chi connectivity index (χ3v) is 7.25. The van der Waals surface area contributed by atoms with Crippen molar-refractivity contribution in [2.75, 3.05) is 32.7 Å². The predicted molar refractivity (Wildman–Crippen MR) is 91.6 cm³/mol. The molecule has 2 aliphatic rings. The first-order chi connectivity index (χ1) is 10.9. The van der Waals surface area contributed by atoms with E-state index in [-0.39, 0.29) is 23.1 Å². The lowest BCUT2D eigenvalue weighted by Gasteiger charge is -2.37. The van der Waals surface area contributed by atoms with Crippen molar-refractivity contribution in [3.63, 3.8) is 0 Å². The van der Waals surface area contributed by atoms with Gasteiger partial charge in [0.15, 0.2) is 0 Å². The molecule has 1 saturated heterocycles. The number of carbonyl (C=O) groups excluding carboxylic acids is 1. The smallest absolute Gasteiger partial charge is 0.225 e. The number of nitrogens with one attached hydrogen (secondary N) is 1. The summed E-state index contributed by atoms with van der Waals surface area (Å²) in [5.41, 5.74) is 0. The van der Waals surface area contributed by atoms with Crippen LogP contribution in [0.4, 0.5) is 0 Å². The number of nitrogens with zero attached hydrogens (tertiary/aromatic N) is 2. The number of rotatable bonds is 10. The van der Waals surface area contributed by atoms with Crippen LogP contribution in [0.1, 0.15) is 46.5 Å². The lowest BCUT2D eigenvalue weighted by atomic mass is 10.0. The molecule has 0 spiro atoms. The molecule has 7 heteroatoms. The van der Waals surface area contributed by atoms with Crippen LogP contribution in [0.2, 0.25) is 0 Å². The fourth-order valence-electron chi connectivity index (χ4n) is 2.98. The van der Waals surface area contributed by atoms with Crippen LogP contribution in [0.5, 0.6) is 0 Å². The molecule has 23 heavy (non-hydrogen) atoms. The van der Waals surface area contributed by atoms with Crippen LogP contribution in [0.15, 0.2) is 0 Å². The SMILES string of the molecule is CCN(CC)CCCC(C)NC(=O)C1CN(S(=O)(=O)C2CC2)C1. The van der Waals surface area contributed by atoms with Gasteiger partial charge in [-0.25, -0.2) is 8.42 Å². The summed E-state index contributed by atoms with van der Waals surface area (Å²) < 4.78 is 25.5. The second-order valence-corrected chi connectivity index (χ2v) is 9.05. The Morgan fingerprint density at radius 3 is 2.39 bits per heavy atom. The monoisotopic (exact) mass is 345 g/mol. The summed E-state index contributed by atoms with van der Waals surface area (Å²) in [4.78, 5) is 14.5. The molecule has 1 aliphatic heterocycles. The van der Waals surface area contributed by atoms with E-state index in [2.05, 4.69) is 24.1 Å². The zero-order valence-corrected chi connectivity index (χ0v) is 15.4. The molecule has 0 aromatic carbocycles. The third-order valence-electron chi connectivity index (χ3n) is 4.92. The quantitative estimate of drug-likeness (QED) is 0.642. The Bertz CT molecular complexity index is 495. The number of sulfonamides is 1. The Kier molecular flexibility index (Phi) is 6.45. The van der Waals surface area contributed by atoms with Crippen molar-refractivity contribution >= 4 is 15.9 Å². The van der Waals surface area contributed by atoms with E-state index in [1.165, 1.54) is 4.31 Å². The van der Waals surface area contributed by atoms with Gasteiger partial charge in [0.1, 0.15) is 0 Å². The van der Waals surface area contributed by atoms with E-state index in [9.17, 15) is 13.2 Å². The van der Waals surface area contributed by atoms with Gasteiger partial charge in [-0.15, -0.1) is 0 Å². The lowest BCUT2D eigenvalue weighted by molar-refractivity contribution is -0.128. The van der Waals surface area contributed by atoms with Gasteiger partial charge in [0.25, 0.3) is 0 Å². The molecule has 134 valence electrons. The predicted octanol–water partition coefficient (Wildman–Crippen LogP) is 1.04. The highest BCUT2D eigenvalue weighted by molar-refractivity contribution is 7.90. The number of hydrogen-bond acceptors (Lipinski definition) is 4. The fraction of sp³-hybridized carbons (Fsp3) is 0.938. The second-order valence-electron chi connectivity index (χ2n) is 6.84. The van der Waals surface area contributed by atoms with E-state index in [1.807, 2.05) is 6.92 Å². The van der Waals surface area contributed by atoms with Crippen LogP contribution in [0, 0.1) is 5.92 Å². The summed E-state index contributed by atoms with van der Waals surface area (Å²) in [5, 5.41) is 2.85. The highest BCUT2D eigenvalue weighted by atomic mass is 32.2. The molecule has 0 aromatic heterocycles. The summed E-state index contributed by atoms with van der Waals surface area (Å²) in [6, 6.07) is 0.146. The molecule has 1 atom stereocenters. The third kappa shape index (κ3) is 4.90. The Morgan fingerprint density at radius 2 is 1.87 bits per heavy atom. The van der Waals surface area contributed by atoms with Crippen LogP contribution in [-0.2, 0) is 14.8 Å². The van der Waals surface area contributed by atoms with E-state index >= 15 is 0 Å². The average molecular weight is 346 g/mol. The summed E-state index contributed by atoms with van der Waals surface area (Å²) >= 11 is 0. The van der Waals surface area contributed by atoms with E-state index < -0.39 is 10.0 Å². The van der Waals surface area contributed by atoms with Gasteiger partial charge < -0.3 is 10.2 Å². The molecule has 0 radical (unpaired) electrons. The van der Waals surface area contributed by atoms with Crippen molar-refractivity contribution in [1.82, 2.24) is 14.5 Å². The lowest BCUT2D eigenvalue weighted by Crippen LogP contribution is -2.57. The van der Waals surface area contributed by atoms with Gasteiger partial charge >= 0.3 is 0 Å². The molecule has 1 saturated carbocycles. The van der Waals surface area contributed by atoms with Crippen molar-refractivity contribution in [3.05, 3.63) is 0 Å². The summed E-state index contributed by atoms with van der Waals surface area (Å²) in [7, 11) is -3.11. The fourth-order valence-corrected chi connectivity index (χ4v) is 4.91. The minimum absolute atomic E-state index is 0.00239. The van der Waals surface area contributed by atoms with Gasteiger partial charge in [-0.05, 0) is 52.2 Å². The highest BCUT2D eigenvalue weighted by Crippen LogP contribution is 2.34. The van der Waals surface area contributed by atoms with Crippen LogP contribution < -0.4 is 5.32 Å². The van der Waals surface area contributed by atoms with Crippen LogP contribution in [0.3, 0.4) is 0 Å². The first-order valence-electron chi connectivity index (χ1n) is 8.90. The van der Waals surface area contributed by atoms with Crippen molar-refractivity contribution in [3.8, 4) is 0 Å². The number of hydrogen-bond donors (Lipinski definition) is 1. The van der Waals surface area contributed by atoms with E-state index in [1.54, 1.807) is 0 Å². The molecule has 1 heterocycles. The molecule has 2 fully saturated rings. The Balaban J connectivity index is 1.63. The summed E-state index contributed by atoms with van der Waals surface area (Å²) in [6.45, 7) is 10.2. The Labute approximate surface area is 140 Å². The largest absolute Gasteiger partial charge is 0.353 e. The number of amides is 1. The molecule has 2 rings (SSSR count). The van der Waals surface area contributed by atoms with Gasteiger partial charge in [-0.1, -0.05) is 13.8 Å². The molecule has 1 amide bonds. The van der Waals surface area contributed by atoms with Crippen molar-refractivity contribution in [2.45, 2.75) is 57.7 Å². The molecular weight excluding hydrogens is 314 g/mol. The van der Waals surface area contributed by atoms with Crippen LogP contribution in [0.25, 0.3) is 0 Å². The second kappa shape index (κ2) is 7.94. The molecule has 1 unspecified atom stereocenters. The maximum atomic E-state index is 12.2. The molecule has 6 nitrogen and oxygen atoms in total. The number of carbonyl (C=O) groups is 1. The normalized spacial score (nSPS) is 21.2. The van der Waals surface area contributed by atoms with Crippen molar-refractivity contribution in [2.24, 2.45) is 5.92 Å². The van der Waals surface area contributed by atoms with Gasteiger partial charge in [0.2, 0.25) is 15.9 Å². The van der Waals surface area contributed by atoms with Crippen LogP contribution in [-0.4, -0.2) is 67.5 Å². The van der Waals surface area contributed by atoms with E-state index in [0.29, 0.717) is 13.1 Å². The summed E-state index contributed by atoms with van der Waals surface area (Å²) in [5.74, 6) is -0.170. The topological polar surface area (TPSA) is 69.7 Å². The summed E-state index contributed by atoms with van der Waals surface area (Å²) in [6.07, 6.45) is 3.58. The Hall–Kier alpha value is -0.660. The average Bonchev–Trinajstić information content (AvgIpc) is 3.26.